The molecule has 0 radical (unpaired) electrons. The smallest absolute Gasteiger partial charge is 0.230 e. The molecule has 0 aliphatic heterocycles. The summed E-state index contributed by atoms with van der Waals surface area (Å²) in [4.78, 5) is 11.7. The number of nitrogens with one attached hydrogen (secondary N) is 1. The molecule has 0 saturated heterocycles. The third kappa shape index (κ3) is 3.36. The van der Waals surface area contributed by atoms with Crippen LogP contribution in [-0.2, 0) is 4.79 Å². The maximum Gasteiger partial charge on any atom is 0.230 e. The lowest BCUT2D eigenvalue weighted by Crippen LogP contribution is -2.29. The Hall–Kier alpha value is -1.36. The third-order valence-corrected chi connectivity index (χ3v) is 2.17. The highest BCUT2D eigenvalue weighted by atomic mass is 16.5. The van der Waals surface area contributed by atoms with Gasteiger partial charge in [-0.15, -0.1) is 0 Å². The molecule has 84 valence electrons. The fourth-order valence-corrected chi connectivity index (χ4v) is 1.36. The van der Waals surface area contributed by atoms with Crippen LogP contribution in [0.2, 0.25) is 0 Å². The molecule has 3 N–H and O–H groups in total. The quantitative estimate of drug-likeness (QED) is 0.769. The molecule has 1 amide bonds. The SMILES string of the molecule is CCCC(CN)C(=O)Nc1cc(C)on1. The molecule has 1 unspecified atom stereocenters. The zero-order valence-corrected chi connectivity index (χ0v) is 9.12. The zero-order valence-electron chi connectivity index (χ0n) is 9.12. The van der Waals surface area contributed by atoms with Crippen molar-refractivity contribution in [2.75, 3.05) is 11.9 Å². The van der Waals surface area contributed by atoms with Crippen LogP contribution in [0.5, 0.6) is 0 Å². The van der Waals surface area contributed by atoms with Crippen LogP contribution in [0.1, 0.15) is 25.5 Å². The van der Waals surface area contributed by atoms with Crippen LogP contribution in [0.3, 0.4) is 0 Å². The van der Waals surface area contributed by atoms with Crippen LogP contribution in [0.15, 0.2) is 10.6 Å². The van der Waals surface area contributed by atoms with E-state index in [2.05, 4.69) is 10.5 Å². The van der Waals surface area contributed by atoms with Gasteiger partial charge in [-0.2, -0.15) is 0 Å². The van der Waals surface area contributed by atoms with Gasteiger partial charge in [-0.1, -0.05) is 18.5 Å². The highest BCUT2D eigenvalue weighted by molar-refractivity contribution is 5.91. The van der Waals surface area contributed by atoms with Gasteiger partial charge in [0.1, 0.15) is 5.76 Å². The first-order valence-electron chi connectivity index (χ1n) is 5.11. The molecule has 1 rings (SSSR count). The van der Waals surface area contributed by atoms with Crippen LogP contribution in [0.4, 0.5) is 5.82 Å². The number of aromatic nitrogens is 1. The molecule has 1 heterocycles. The van der Waals surface area contributed by atoms with E-state index in [4.69, 9.17) is 10.3 Å². The largest absolute Gasteiger partial charge is 0.360 e. The number of amides is 1. The topological polar surface area (TPSA) is 81.2 Å². The fourth-order valence-electron chi connectivity index (χ4n) is 1.36. The van der Waals surface area contributed by atoms with Gasteiger partial charge in [0.25, 0.3) is 0 Å². The lowest BCUT2D eigenvalue weighted by molar-refractivity contribution is -0.119. The third-order valence-electron chi connectivity index (χ3n) is 2.17. The minimum absolute atomic E-state index is 0.0901. The number of carbonyl (C=O) groups excluding carboxylic acids is 1. The van der Waals surface area contributed by atoms with Crippen molar-refractivity contribution in [2.24, 2.45) is 11.7 Å². The molecule has 0 bridgehead atoms. The Labute approximate surface area is 89.0 Å². The van der Waals surface area contributed by atoms with Crippen molar-refractivity contribution in [2.45, 2.75) is 26.7 Å². The van der Waals surface area contributed by atoms with Gasteiger partial charge in [-0.3, -0.25) is 4.79 Å². The summed E-state index contributed by atoms with van der Waals surface area (Å²) in [5, 5.41) is 6.36. The van der Waals surface area contributed by atoms with Crippen molar-refractivity contribution < 1.29 is 9.32 Å². The number of hydrogen-bond donors (Lipinski definition) is 2. The number of carbonyl (C=O) groups is 1. The van der Waals surface area contributed by atoms with E-state index >= 15 is 0 Å². The molecule has 1 atom stereocenters. The van der Waals surface area contributed by atoms with Crippen LogP contribution >= 0.6 is 0 Å². The highest BCUT2D eigenvalue weighted by Crippen LogP contribution is 2.11. The summed E-state index contributed by atoms with van der Waals surface area (Å²) in [5.74, 6) is 0.886. The first-order valence-corrected chi connectivity index (χ1v) is 5.11. The van der Waals surface area contributed by atoms with Crippen molar-refractivity contribution in [1.29, 1.82) is 0 Å². The van der Waals surface area contributed by atoms with Gasteiger partial charge in [0, 0.05) is 12.6 Å². The molecule has 5 nitrogen and oxygen atoms in total. The molecule has 5 heteroatoms. The van der Waals surface area contributed by atoms with Crippen molar-refractivity contribution >= 4 is 11.7 Å². The van der Waals surface area contributed by atoms with Crippen LogP contribution in [0, 0.1) is 12.8 Å². The van der Waals surface area contributed by atoms with Gasteiger partial charge < -0.3 is 15.6 Å². The Bertz CT molecular complexity index is 322. The first-order chi connectivity index (χ1) is 7.17. The van der Waals surface area contributed by atoms with Crippen molar-refractivity contribution in [3.8, 4) is 0 Å². The van der Waals surface area contributed by atoms with E-state index in [1.807, 2.05) is 6.92 Å². The average Bonchev–Trinajstić information content (AvgIpc) is 2.60. The van der Waals surface area contributed by atoms with Crippen molar-refractivity contribution in [1.82, 2.24) is 5.16 Å². The molecular weight excluding hydrogens is 194 g/mol. The number of nitrogens with two attached hydrogens (primary N) is 1. The normalized spacial score (nSPS) is 12.5. The van der Waals surface area contributed by atoms with E-state index in [1.54, 1.807) is 13.0 Å². The molecule has 15 heavy (non-hydrogen) atoms. The molecule has 1 aromatic rings. The summed E-state index contributed by atoms with van der Waals surface area (Å²) in [6.07, 6.45) is 1.73. The number of hydrogen-bond acceptors (Lipinski definition) is 4. The Morgan fingerprint density at radius 2 is 2.47 bits per heavy atom. The second-order valence-corrected chi connectivity index (χ2v) is 3.53. The predicted molar refractivity (Wildman–Crippen MR) is 57.3 cm³/mol. The lowest BCUT2D eigenvalue weighted by Gasteiger charge is -2.11. The maximum atomic E-state index is 11.7. The zero-order chi connectivity index (χ0) is 11.3. The second kappa shape index (κ2) is 5.50. The molecule has 0 spiro atoms. The minimum Gasteiger partial charge on any atom is -0.360 e. The van der Waals surface area contributed by atoms with Gasteiger partial charge in [0.05, 0.1) is 5.92 Å². The summed E-state index contributed by atoms with van der Waals surface area (Å²) < 4.78 is 4.84. The molecule has 0 aromatic carbocycles. The van der Waals surface area contributed by atoms with E-state index in [9.17, 15) is 4.79 Å². The van der Waals surface area contributed by atoms with Crippen LogP contribution in [0.25, 0.3) is 0 Å². The number of anilines is 1. The molecule has 1 aromatic heterocycles. The number of rotatable bonds is 5. The van der Waals surface area contributed by atoms with Gasteiger partial charge in [0.2, 0.25) is 5.91 Å². The Kier molecular flexibility index (Phi) is 4.30. The van der Waals surface area contributed by atoms with Gasteiger partial charge in [-0.25, -0.2) is 0 Å². The number of nitrogens with zero attached hydrogens (tertiary/aromatic N) is 1. The minimum atomic E-state index is -0.146. The first kappa shape index (κ1) is 11.7. The highest BCUT2D eigenvalue weighted by Gasteiger charge is 2.16. The van der Waals surface area contributed by atoms with Gasteiger partial charge in [-0.05, 0) is 13.3 Å². The van der Waals surface area contributed by atoms with E-state index in [1.165, 1.54) is 0 Å². The summed E-state index contributed by atoms with van der Waals surface area (Å²) in [7, 11) is 0. The molecule has 0 fully saturated rings. The predicted octanol–water partition coefficient (Wildman–Crippen LogP) is 1.30. The second-order valence-electron chi connectivity index (χ2n) is 3.53. The fraction of sp³-hybridized carbons (Fsp3) is 0.600. The van der Waals surface area contributed by atoms with Crippen LogP contribution < -0.4 is 11.1 Å². The number of aryl methyl sites for hydroxylation is 1. The standard InChI is InChI=1S/C10H17N3O2/c1-3-4-8(6-11)10(14)12-9-5-7(2)15-13-9/h5,8H,3-4,6,11H2,1-2H3,(H,12,13,14). The Balaban J connectivity index is 2.53. The average molecular weight is 211 g/mol. The van der Waals surface area contributed by atoms with Crippen molar-refractivity contribution in [3.05, 3.63) is 11.8 Å². The Morgan fingerprint density at radius 1 is 1.73 bits per heavy atom. The lowest BCUT2D eigenvalue weighted by atomic mass is 10.0. The molecule has 0 aliphatic rings. The van der Waals surface area contributed by atoms with Gasteiger partial charge in [0.15, 0.2) is 5.82 Å². The van der Waals surface area contributed by atoms with Gasteiger partial charge >= 0.3 is 0 Å². The molecule has 0 aliphatic carbocycles. The molecular formula is C10H17N3O2. The van der Waals surface area contributed by atoms with Crippen molar-refractivity contribution in [3.63, 3.8) is 0 Å². The molecule has 0 saturated carbocycles. The maximum absolute atomic E-state index is 11.7. The summed E-state index contributed by atoms with van der Waals surface area (Å²) in [6, 6.07) is 1.68. The van der Waals surface area contributed by atoms with E-state index in [0.29, 0.717) is 18.1 Å². The summed E-state index contributed by atoms with van der Waals surface area (Å²) in [6.45, 7) is 4.15. The van der Waals surface area contributed by atoms with E-state index in [0.717, 1.165) is 12.8 Å². The van der Waals surface area contributed by atoms with E-state index in [-0.39, 0.29) is 11.8 Å². The van der Waals surface area contributed by atoms with Crippen LogP contribution in [-0.4, -0.2) is 17.6 Å². The Morgan fingerprint density at radius 3 is 2.93 bits per heavy atom. The summed E-state index contributed by atoms with van der Waals surface area (Å²) in [5.41, 5.74) is 5.51. The summed E-state index contributed by atoms with van der Waals surface area (Å²) >= 11 is 0. The monoisotopic (exact) mass is 211 g/mol. The van der Waals surface area contributed by atoms with E-state index < -0.39 is 0 Å².